The molecule has 0 aliphatic carbocycles. The van der Waals surface area contributed by atoms with Crippen molar-refractivity contribution in [3.63, 3.8) is 0 Å². The molecule has 8 aromatic rings. The Balaban J connectivity index is 0.000000201. The van der Waals surface area contributed by atoms with Gasteiger partial charge in [0.2, 0.25) is 39.3 Å². The second-order valence-electron chi connectivity index (χ2n) is 19.2. The van der Waals surface area contributed by atoms with E-state index in [0.717, 1.165) is 12.1 Å². The maximum Gasteiger partial charge on any atom is 0.207 e. The molecule has 436 valence electrons. The van der Waals surface area contributed by atoms with Crippen molar-refractivity contribution in [2.24, 2.45) is 0 Å². The topological polar surface area (TPSA) is 298 Å². The van der Waals surface area contributed by atoms with E-state index in [1.165, 1.54) is 133 Å². The van der Waals surface area contributed by atoms with E-state index in [4.69, 9.17) is 23.2 Å². The molecule has 8 aromatic carbocycles. The first-order chi connectivity index (χ1) is 38.2. The molecule has 0 fully saturated rings. The lowest BCUT2D eigenvalue weighted by atomic mass is 10.0. The van der Waals surface area contributed by atoms with Crippen LogP contribution >= 0.6 is 23.2 Å². The Morgan fingerprint density at radius 2 is 0.610 bits per heavy atom. The number of sulfone groups is 4. The standard InChI is InChI=1S/C18H22O4S.C16H18O4S.C14H14O4S.C12H8Cl2O4S/c1-11(2)15-9-13(19)5-7-17(15)23(21,22)18-8-6-14(20)10-16(18)12(3)4;1-3-11-9-13(17)5-7-15(11)21(19,20)16-8-6-14(18)10-12(16)4-2;1-9-7-11(3-5-13(9)15)19(17,18)12-4-6-14(16)10(2)8-12;13-9-5-7(1-3-11(9)15)19(17,18)8-2-4-12(16)10(14)6-8/h5-12,19-20H,1-4H3;5-10,17-18H,3-4H2,1-2H3;3-8,15-16H,1-2H3;1-6,15-16H. The first-order valence-electron chi connectivity index (χ1n) is 25.0. The number of hydrogen-bond acceptors (Lipinski definition) is 16. The van der Waals surface area contributed by atoms with E-state index in [9.17, 15) is 74.5 Å². The molecule has 0 aliphatic rings. The molecule has 22 heteroatoms. The van der Waals surface area contributed by atoms with Crippen LogP contribution in [0.15, 0.2) is 185 Å². The van der Waals surface area contributed by atoms with Gasteiger partial charge in [-0.05, 0) is 217 Å². The van der Waals surface area contributed by atoms with Crippen LogP contribution in [0.1, 0.15) is 86.8 Å². The number of rotatable bonds is 12. The van der Waals surface area contributed by atoms with E-state index in [-0.39, 0.29) is 107 Å². The van der Waals surface area contributed by atoms with E-state index >= 15 is 0 Å². The second kappa shape index (κ2) is 26.6. The molecule has 0 spiro atoms. The summed E-state index contributed by atoms with van der Waals surface area (Å²) in [5, 5.41) is 75.7. The highest BCUT2D eigenvalue weighted by atomic mass is 35.5. The number of hydrogen-bond donors (Lipinski definition) is 8. The summed E-state index contributed by atoms with van der Waals surface area (Å²) in [6, 6.07) is 32.6. The maximum atomic E-state index is 13.1. The molecule has 0 heterocycles. The highest BCUT2D eigenvalue weighted by Crippen LogP contribution is 2.38. The molecule has 16 nitrogen and oxygen atoms in total. The number of phenols is 8. The van der Waals surface area contributed by atoms with Crippen LogP contribution in [-0.4, -0.2) is 74.5 Å². The average Bonchev–Trinajstić information content (AvgIpc) is 3.58. The molecule has 8 rings (SSSR count). The van der Waals surface area contributed by atoms with Gasteiger partial charge >= 0.3 is 0 Å². The fourth-order valence-corrected chi connectivity index (χ4v) is 15.1. The summed E-state index contributed by atoms with van der Waals surface area (Å²) in [7, 11) is -14.9. The smallest absolute Gasteiger partial charge is 0.207 e. The average molecular weight is 1240 g/mol. The Hall–Kier alpha value is -7.46. The van der Waals surface area contributed by atoms with Crippen molar-refractivity contribution in [2.75, 3.05) is 0 Å². The fourth-order valence-electron chi connectivity index (χ4n) is 8.08. The Morgan fingerprint density at radius 3 is 0.890 bits per heavy atom. The molecule has 0 saturated heterocycles. The number of aromatic hydroxyl groups is 8. The monoisotopic (exact) mass is 1240 g/mol. The van der Waals surface area contributed by atoms with Crippen LogP contribution < -0.4 is 0 Å². The Kier molecular flexibility index (Phi) is 21.2. The van der Waals surface area contributed by atoms with Crippen molar-refractivity contribution in [1.82, 2.24) is 0 Å². The summed E-state index contributed by atoms with van der Waals surface area (Å²) in [4.78, 5) is 0.872. The van der Waals surface area contributed by atoms with Crippen LogP contribution in [0.25, 0.3) is 0 Å². The summed E-state index contributed by atoms with van der Waals surface area (Å²) >= 11 is 11.4. The highest BCUT2D eigenvalue weighted by Gasteiger charge is 2.28. The SMILES string of the molecule is CC(C)c1cc(O)ccc1S(=O)(=O)c1ccc(O)cc1C(C)C.CCc1cc(O)ccc1S(=O)(=O)c1ccc(O)cc1CC.Cc1cc(S(=O)(=O)c2ccc(O)c(C)c2)ccc1O.O=S(=O)(c1ccc(O)c(Cl)c1)c1ccc(O)c(Cl)c1. The molecule has 82 heavy (non-hydrogen) atoms. The normalized spacial score (nSPS) is 11.7. The van der Waals surface area contributed by atoms with Crippen molar-refractivity contribution >= 4 is 62.6 Å². The number of phenolic OH excluding ortho intramolecular Hbond substituents is 8. The lowest BCUT2D eigenvalue weighted by molar-refractivity contribution is 0.470. The molecule has 0 bridgehead atoms. The lowest BCUT2D eigenvalue weighted by Crippen LogP contribution is -2.10. The number of halogens is 2. The van der Waals surface area contributed by atoms with E-state index < -0.39 is 39.3 Å². The van der Waals surface area contributed by atoms with Gasteiger partial charge in [-0.3, -0.25) is 0 Å². The van der Waals surface area contributed by atoms with Gasteiger partial charge in [0.05, 0.1) is 49.2 Å². The first-order valence-corrected chi connectivity index (χ1v) is 31.7. The lowest BCUT2D eigenvalue weighted by Gasteiger charge is -2.17. The minimum Gasteiger partial charge on any atom is -0.508 e. The van der Waals surface area contributed by atoms with Gasteiger partial charge in [-0.2, -0.15) is 0 Å². The third-order valence-corrected chi connectivity index (χ3v) is 20.6. The van der Waals surface area contributed by atoms with Gasteiger partial charge in [0.15, 0.2) is 0 Å². The van der Waals surface area contributed by atoms with Gasteiger partial charge < -0.3 is 40.9 Å². The minimum absolute atomic E-state index is 0.0439. The molecule has 8 N–H and O–H groups in total. The number of aryl methyl sites for hydroxylation is 4. The van der Waals surface area contributed by atoms with Crippen LogP contribution in [0.3, 0.4) is 0 Å². The van der Waals surface area contributed by atoms with Crippen LogP contribution in [-0.2, 0) is 52.2 Å². The summed E-state index contributed by atoms with van der Waals surface area (Å²) in [5.74, 6) is -0.210. The number of benzene rings is 8. The maximum absolute atomic E-state index is 13.1. The van der Waals surface area contributed by atoms with Gasteiger partial charge in [0.1, 0.15) is 46.0 Å². The predicted molar refractivity (Wildman–Crippen MR) is 313 cm³/mol. The second-order valence-corrected chi connectivity index (χ2v) is 27.7. The molecule has 0 amide bonds. The summed E-state index contributed by atoms with van der Waals surface area (Å²) in [6.45, 7) is 14.5. The van der Waals surface area contributed by atoms with E-state index in [1.54, 1.807) is 13.8 Å². The van der Waals surface area contributed by atoms with Crippen molar-refractivity contribution in [3.05, 3.63) is 189 Å². The van der Waals surface area contributed by atoms with Crippen molar-refractivity contribution in [3.8, 4) is 46.0 Å². The molecule has 0 atom stereocenters. The third kappa shape index (κ3) is 15.2. The third-order valence-electron chi connectivity index (χ3n) is 12.7. The Bertz CT molecular complexity index is 3760. The molecule has 0 unspecified atom stereocenters. The van der Waals surface area contributed by atoms with Crippen LogP contribution in [0.4, 0.5) is 0 Å². The van der Waals surface area contributed by atoms with E-state index in [1.807, 2.05) is 41.5 Å². The molecule has 0 aliphatic heterocycles. The van der Waals surface area contributed by atoms with Crippen LogP contribution in [0, 0.1) is 13.8 Å². The quantitative estimate of drug-likeness (QED) is 0.0564. The van der Waals surface area contributed by atoms with Gasteiger partial charge in [-0.25, -0.2) is 33.7 Å². The minimum atomic E-state index is -3.81. The predicted octanol–water partition coefficient (Wildman–Crippen LogP) is 13.0. The zero-order valence-electron chi connectivity index (χ0n) is 45.7. The van der Waals surface area contributed by atoms with Crippen molar-refractivity contribution in [2.45, 2.75) is 119 Å². The zero-order valence-corrected chi connectivity index (χ0v) is 50.4. The highest BCUT2D eigenvalue weighted by molar-refractivity contribution is 7.92. The molecule has 0 saturated carbocycles. The molecule has 0 aromatic heterocycles. The first kappa shape index (κ1) is 65.4. The molecular formula is C60H62Cl2O16S4. The van der Waals surface area contributed by atoms with Crippen LogP contribution in [0.5, 0.6) is 46.0 Å². The Labute approximate surface area is 488 Å². The summed E-state index contributed by atoms with van der Waals surface area (Å²) in [6.07, 6.45) is 1.00. The van der Waals surface area contributed by atoms with Gasteiger partial charge in [-0.15, -0.1) is 0 Å². The largest absolute Gasteiger partial charge is 0.508 e. The summed E-state index contributed by atoms with van der Waals surface area (Å²) in [5.41, 5.74) is 3.30. The Morgan fingerprint density at radius 1 is 0.341 bits per heavy atom. The van der Waals surface area contributed by atoms with Gasteiger partial charge in [0.25, 0.3) is 0 Å². The molecule has 0 radical (unpaired) electrons. The van der Waals surface area contributed by atoms with Crippen molar-refractivity contribution < 1.29 is 74.5 Å². The summed E-state index contributed by atoms with van der Waals surface area (Å²) < 4.78 is 101. The fraction of sp³-hybridized carbons (Fsp3) is 0.200. The van der Waals surface area contributed by atoms with Crippen LogP contribution in [0.2, 0.25) is 10.0 Å². The molecular weight excluding hydrogens is 1180 g/mol. The van der Waals surface area contributed by atoms with E-state index in [0.29, 0.717) is 46.2 Å². The van der Waals surface area contributed by atoms with Gasteiger partial charge in [-0.1, -0.05) is 64.7 Å². The van der Waals surface area contributed by atoms with E-state index in [2.05, 4.69) is 0 Å². The van der Waals surface area contributed by atoms with Gasteiger partial charge in [0, 0.05) is 0 Å². The zero-order chi connectivity index (χ0) is 61.4. The van der Waals surface area contributed by atoms with Crippen molar-refractivity contribution in [1.29, 1.82) is 0 Å².